The molecule has 7 nitrogen and oxygen atoms in total. The van der Waals surface area contributed by atoms with E-state index < -0.39 is 35.1 Å². The van der Waals surface area contributed by atoms with E-state index in [1.54, 1.807) is 20.8 Å². The third-order valence-corrected chi connectivity index (χ3v) is 2.70. The molecule has 0 aromatic carbocycles. The Bertz CT molecular complexity index is 400. The molecular formula is C12H19NO6. The summed E-state index contributed by atoms with van der Waals surface area (Å²) in [4.78, 5) is 33.5. The number of ether oxygens (including phenoxy) is 2. The molecule has 1 rings (SSSR count). The summed E-state index contributed by atoms with van der Waals surface area (Å²) in [7, 11) is 0. The number of carbonyl (C=O) groups is 3. The molecule has 2 atom stereocenters. The summed E-state index contributed by atoms with van der Waals surface area (Å²) in [6.45, 7) is 6.26. The lowest BCUT2D eigenvalue weighted by molar-refractivity contribution is -0.145. The second kappa shape index (κ2) is 5.07. The molecule has 0 aromatic heterocycles. The van der Waals surface area contributed by atoms with Gasteiger partial charge in [-0.15, -0.1) is 0 Å². The van der Waals surface area contributed by atoms with Crippen LogP contribution in [0.2, 0.25) is 0 Å². The van der Waals surface area contributed by atoms with Crippen LogP contribution in [0.1, 0.15) is 34.1 Å². The van der Waals surface area contributed by atoms with Gasteiger partial charge in [0.1, 0.15) is 11.1 Å². The van der Waals surface area contributed by atoms with Crippen molar-refractivity contribution in [3.63, 3.8) is 0 Å². The number of alkyl carbamates (subject to hydrolysis) is 1. The van der Waals surface area contributed by atoms with Gasteiger partial charge in [-0.3, -0.25) is 4.79 Å². The Hall–Kier alpha value is -1.79. The van der Waals surface area contributed by atoms with Crippen molar-refractivity contribution >= 4 is 18.0 Å². The summed E-state index contributed by atoms with van der Waals surface area (Å²) in [5.74, 6) is -2.07. The molecule has 1 aliphatic rings. The molecule has 0 radical (unpaired) electrons. The minimum Gasteiger partial charge on any atom is -0.479 e. The summed E-state index contributed by atoms with van der Waals surface area (Å²) < 4.78 is 9.78. The molecule has 0 spiro atoms. The van der Waals surface area contributed by atoms with E-state index in [4.69, 9.17) is 9.47 Å². The van der Waals surface area contributed by atoms with Gasteiger partial charge in [-0.25, -0.2) is 9.59 Å². The zero-order chi connectivity index (χ0) is 14.8. The maximum absolute atomic E-state index is 11.6. The van der Waals surface area contributed by atoms with Crippen LogP contribution in [0.25, 0.3) is 0 Å². The van der Waals surface area contributed by atoms with Gasteiger partial charge < -0.3 is 19.9 Å². The fourth-order valence-electron chi connectivity index (χ4n) is 1.70. The number of esters is 1. The zero-order valence-electron chi connectivity index (χ0n) is 11.5. The second-order valence-corrected chi connectivity index (χ2v) is 5.61. The summed E-state index contributed by atoms with van der Waals surface area (Å²) >= 11 is 0. The minimum atomic E-state index is -1.39. The normalized spacial score (nSPS) is 25.4. The van der Waals surface area contributed by atoms with Gasteiger partial charge in [0.25, 0.3) is 0 Å². The molecule has 1 fully saturated rings. The van der Waals surface area contributed by atoms with E-state index in [0.29, 0.717) is 0 Å². The highest BCUT2D eigenvalue weighted by molar-refractivity contribution is 5.88. The first-order chi connectivity index (χ1) is 8.57. The Morgan fingerprint density at radius 3 is 2.37 bits per heavy atom. The lowest BCUT2D eigenvalue weighted by atomic mass is 10.2. The highest BCUT2D eigenvalue weighted by Gasteiger charge is 2.62. The predicted octanol–water partition coefficient (Wildman–Crippen LogP) is 0.918. The first-order valence-electron chi connectivity index (χ1n) is 5.95. The monoisotopic (exact) mass is 273 g/mol. The van der Waals surface area contributed by atoms with Gasteiger partial charge in [0.2, 0.25) is 0 Å². The molecule has 0 saturated heterocycles. The fourth-order valence-corrected chi connectivity index (χ4v) is 1.70. The molecule has 0 aliphatic heterocycles. The summed E-state index contributed by atoms with van der Waals surface area (Å²) in [6.07, 6.45) is -0.574. The lowest BCUT2D eigenvalue weighted by Gasteiger charge is -2.22. The predicted molar refractivity (Wildman–Crippen MR) is 64.5 cm³/mol. The van der Waals surface area contributed by atoms with Crippen molar-refractivity contribution in [2.24, 2.45) is 5.92 Å². The van der Waals surface area contributed by atoms with Gasteiger partial charge in [-0.2, -0.15) is 0 Å². The Labute approximate surface area is 111 Å². The van der Waals surface area contributed by atoms with E-state index in [2.05, 4.69) is 5.32 Å². The van der Waals surface area contributed by atoms with Gasteiger partial charge in [-0.05, 0) is 27.2 Å². The number of carboxylic acids is 1. The largest absolute Gasteiger partial charge is 0.479 e. The van der Waals surface area contributed by atoms with Crippen LogP contribution in [0.15, 0.2) is 0 Å². The maximum Gasteiger partial charge on any atom is 0.408 e. The molecule has 0 heterocycles. The van der Waals surface area contributed by atoms with E-state index >= 15 is 0 Å². The number of carboxylic acid groups (broad SMARTS) is 1. The molecule has 1 amide bonds. The minimum absolute atomic E-state index is 0.0303. The molecule has 2 N–H and O–H groups in total. The fraction of sp³-hybridized carbons (Fsp3) is 0.750. The smallest absolute Gasteiger partial charge is 0.408 e. The molecule has 108 valence electrons. The van der Waals surface area contributed by atoms with Crippen LogP contribution in [0, 0.1) is 5.92 Å². The van der Waals surface area contributed by atoms with Crippen molar-refractivity contribution in [2.75, 3.05) is 6.61 Å². The summed E-state index contributed by atoms with van der Waals surface area (Å²) in [5.41, 5.74) is -2.10. The van der Waals surface area contributed by atoms with Crippen molar-refractivity contribution in [3.8, 4) is 0 Å². The van der Waals surface area contributed by atoms with Crippen molar-refractivity contribution in [3.05, 3.63) is 0 Å². The number of hydrogen-bond donors (Lipinski definition) is 2. The highest BCUT2D eigenvalue weighted by Crippen LogP contribution is 2.44. The van der Waals surface area contributed by atoms with Crippen LogP contribution in [0.4, 0.5) is 4.79 Å². The van der Waals surface area contributed by atoms with Crippen LogP contribution < -0.4 is 5.32 Å². The second-order valence-electron chi connectivity index (χ2n) is 5.61. The Kier molecular flexibility index (Phi) is 4.07. The van der Waals surface area contributed by atoms with Crippen molar-refractivity contribution in [1.82, 2.24) is 5.32 Å². The van der Waals surface area contributed by atoms with Gasteiger partial charge in [0, 0.05) is 12.8 Å². The first-order valence-corrected chi connectivity index (χ1v) is 5.95. The quantitative estimate of drug-likeness (QED) is 0.738. The van der Waals surface area contributed by atoms with E-state index in [1.807, 2.05) is 0 Å². The molecule has 1 aliphatic carbocycles. The molecule has 7 heteroatoms. The molecule has 1 saturated carbocycles. The van der Waals surface area contributed by atoms with Gasteiger partial charge in [-0.1, -0.05) is 0 Å². The first kappa shape index (κ1) is 15.3. The van der Waals surface area contributed by atoms with Crippen LogP contribution in [-0.4, -0.2) is 40.9 Å². The van der Waals surface area contributed by atoms with Gasteiger partial charge >= 0.3 is 18.0 Å². The van der Waals surface area contributed by atoms with Crippen LogP contribution in [0.5, 0.6) is 0 Å². The number of rotatable bonds is 4. The average Bonchev–Trinajstić information content (AvgIpc) is 2.86. The van der Waals surface area contributed by atoms with Crippen LogP contribution >= 0.6 is 0 Å². The third-order valence-electron chi connectivity index (χ3n) is 2.70. The van der Waals surface area contributed by atoms with E-state index in [-0.39, 0.29) is 13.0 Å². The van der Waals surface area contributed by atoms with Crippen LogP contribution in [0.3, 0.4) is 0 Å². The number of amides is 1. The molecular weight excluding hydrogens is 254 g/mol. The Morgan fingerprint density at radius 2 is 1.95 bits per heavy atom. The van der Waals surface area contributed by atoms with Crippen molar-refractivity contribution in [1.29, 1.82) is 0 Å². The van der Waals surface area contributed by atoms with Crippen molar-refractivity contribution in [2.45, 2.75) is 45.3 Å². The standard InChI is InChI=1S/C12H19NO6/c1-7(14)18-6-8-5-12(8,9(15)16)13-10(17)19-11(2,3)4/h8H,5-6H2,1-4H3,(H,13,17)(H,15,16)/t8-,12+/m1/s1. The zero-order valence-corrected chi connectivity index (χ0v) is 11.5. The average molecular weight is 273 g/mol. The maximum atomic E-state index is 11.6. The van der Waals surface area contributed by atoms with Gasteiger partial charge in [0.15, 0.2) is 0 Å². The van der Waals surface area contributed by atoms with Crippen molar-refractivity contribution < 1.29 is 29.0 Å². The Balaban J connectivity index is 2.59. The molecule has 0 bridgehead atoms. The Morgan fingerprint density at radius 1 is 1.37 bits per heavy atom. The summed E-state index contributed by atoms with van der Waals surface area (Å²) in [6, 6.07) is 0. The number of hydrogen-bond acceptors (Lipinski definition) is 5. The van der Waals surface area contributed by atoms with Crippen LogP contribution in [-0.2, 0) is 19.1 Å². The SMILES string of the molecule is CC(=O)OC[C@H]1C[C@@]1(NC(=O)OC(C)(C)C)C(=O)O. The van der Waals surface area contributed by atoms with Gasteiger partial charge in [0.05, 0.1) is 6.61 Å². The highest BCUT2D eigenvalue weighted by atomic mass is 16.6. The number of nitrogens with one attached hydrogen (secondary N) is 1. The summed E-state index contributed by atoms with van der Waals surface area (Å²) in [5, 5.41) is 11.5. The molecule has 0 aromatic rings. The van der Waals surface area contributed by atoms with E-state index in [1.165, 1.54) is 6.92 Å². The molecule has 0 unspecified atom stereocenters. The number of aliphatic carboxylic acids is 1. The van der Waals surface area contributed by atoms with E-state index in [9.17, 15) is 19.5 Å². The lowest BCUT2D eigenvalue weighted by Crippen LogP contribution is -2.47. The topological polar surface area (TPSA) is 102 Å². The van der Waals surface area contributed by atoms with E-state index in [0.717, 1.165) is 0 Å². The third kappa shape index (κ3) is 4.11. The molecule has 19 heavy (non-hydrogen) atoms. The number of carbonyl (C=O) groups excluding carboxylic acids is 2.